The van der Waals surface area contributed by atoms with E-state index in [0.29, 0.717) is 36.7 Å². The minimum atomic E-state index is -0.238. The molecule has 2 aromatic rings. The molecule has 2 nitrogen and oxygen atoms in total. The second-order valence-corrected chi connectivity index (χ2v) is 6.54. The summed E-state index contributed by atoms with van der Waals surface area (Å²) in [6, 6.07) is 12.5. The Labute approximate surface area is 143 Å². The Morgan fingerprint density at radius 3 is 2.29 bits per heavy atom. The Hall–Kier alpha value is -1.78. The van der Waals surface area contributed by atoms with Gasteiger partial charge in [-0.25, -0.2) is 8.78 Å². The molecular weight excluding hydrogens is 306 g/mol. The fraction of sp³-hybridized carbons (Fsp3) is 0.400. The Morgan fingerprint density at radius 2 is 1.58 bits per heavy atom. The summed E-state index contributed by atoms with van der Waals surface area (Å²) < 4.78 is 27.8. The van der Waals surface area contributed by atoms with Crippen LogP contribution in [0.3, 0.4) is 0 Å². The van der Waals surface area contributed by atoms with Gasteiger partial charge in [-0.15, -0.1) is 0 Å². The predicted molar refractivity (Wildman–Crippen MR) is 94.8 cm³/mol. The molecule has 24 heavy (non-hydrogen) atoms. The molecule has 0 fully saturated rings. The molecule has 0 heterocycles. The average Bonchev–Trinajstić information content (AvgIpc) is 2.54. The average molecular weight is 332 g/mol. The predicted octanol–water partition coefficient (Wildman–Crippen LogP) is 4.18. The van der Waals surface area contributed by atoms with E-state index in [1.54, 1.807) is 6.07 Å². The second kappa shape index (κ2) is 8.90. The van der Waals surface area contributed by atoms with E-state index in [9.17, 15) is 8.78 Å². The van der Waals surface area contributed by atoms with Crippen LogP contribution in [0.5, 0.6) is 0 Å². The van der Waals surface area contributed by atoms with Crippen LogP contribution in [-0.2, 0) is 19.5 Å². The van der Waals surface area contributed by atoms with Crippen molar-refractivity contribution in [3.05, 3.63) is 70.8 Å². The van der Waals surface area contributed by atoms with Gasteiger partial charge < -0.3 is 10.6 Å². The highest BCUT2D eigenvalue weighted by Gasteiger charge is 2.11. The number of rotatable bonds is 8. The quantitative estimate of drug-likeness (QED) is 0.758. The van der Waals surface area contributed by atoms with Crippen molar-refractivity contribution >= 4 is 0 Å². The zero-order valence-corrected chi connectivity index (χ0v) is 14.6. The summed E-state index contributed by atoms with van der Waals surface area (Å²) in [4.78, 5) is 0. The zero-order valence-electron chi connectivity index (χ0n) is 14.6. The highest BCUT2D eigenvalue weighted by molar-refractivity contribution is 5.27. The number of halogens is 2. The van der Waals surface area contributed by atoms with Gasteiger partial charge in [0.05, 0.1) is 0 Å². The minimum Gasteiger partial charge on any atom is -0.310 e. The molecule has 0 spiro atoms. The monoisotopic (exact) mass is 332 g/mol. The van der Waals surface area contributed by atoms with Gasteiger partial charge in [-0.05, 0) is 36.6 Å². The van der Waals surface area contributed by atoms with Crippen LogP contribution in [0.4, 0.5) is 8.78 Å². The molecule has 0 aromatic heterocycles. The van der Waals surface area contributed by atoms with Crippen molar-refractivity contribution in [3.63, 3.8) is 0 Å². The lowest BCUT2D eigenvalue weighted by Gasteiger charge is -2.16. The lowest BCUT2D eigenvalue weighted by Crippen LogP contribution is -2.28. The molecule has 130 valence electrons. The molecule has 0 saturated carbocycles. The molecule has 2 rings (SSSR count). The molecule has 1 atom stereocenters. The maximum atomic E-state index is 14.6. The van der Waals surface area contributed by atoms with E-state index in [0.717, 1.165) is 5.56 Å². The van der Waals surface area contributed by atoms with Crippen LogP contribution in [0.1, 0.15) is 37.5 Å². The molecule has 0 bridgehead atoms. The van der Waals surface area contributed by atoms with Crippen molar-refractivity contribution in [1.29, 1.82) is 0 Å². The summed E-state index contributed by atoms with van der Waals surface area (Å²) >= 11 is 0. The van der Waals surface area contributed by atoms with Crippen LogP contribution in [0.2, 0.25) is 0 Å². The Morgan fingerprint density at radius 1 is 0.875 bits per heavy atom. The van der Waals surface area contributed by atoms with Crippen molar-refractivity contribution in [3.8, 4) is 0 Å². The first-order valence-electron chi connectivity index (χ1n) is 8.43. The van der Waals surface area contributed by atoms with Crippen LogP contribution < -0.4 is 10.6 Å². The standard InChI is InChI=1S/C20H26F2N2/c1-14(2)23-13-18-8-5-7-17(20(18)22)10-15(3)24-12-16-6-4-9-19(21)11-16/h4-9,11,14-15,23-24H,10,12-13H2,1-3H3. The van der Waals surface area contributed by atoms with Gasteiger partial charge in [0.2, 0.25) is 0 Å². The first-order valence-corrected chi connectivity index (χ1v) is 8.43. The second-order valence-electron chi connectivity index (χ2n) is 6.54. The summed E-state index contributed by atoms with van der Waals surface area (Å²) in [5, 5.41) is 6.57. The highest BCUT2D eigenvalue weighted by Crippen LogP contribution is 2.15. The van der Waals surface area contributed by atoms with E-state index >= 15 is 0 Å². The summed E-state index contributed by atoms with van der Waals surface area (Å²) in [6.07, 6.45) is 0.594. The third kappa shape index (κ3) is 5.69. The van der Waals surface area contributed by atoms with Crippen LogP contribution in [0.15, 0.2) is 42.5 Å². The number of hydrogen-bond donors (Lipinski definition) is 2. The van der Waals surface area contributed by atoms with Gasteiger partial charge in [0.1, 0.15) is 11.6 Å². The summed E-state index contributed by atoms with van der Waals surface area (Å²) in [5.74, 6) is -0.372. The molecule has 0 radical (unpaired) electrons. The number of nitrogens with one attached hydrogen (secondary N) is 2. The summed E-state index contributed by atoms with van der Waals surface area (Å²) in [5.41, 5.74) is 2.29. The van der Waals surface area contributed by atoms with Gasteiger partial charge in [-0.1, -0.05) is 44.2 Å². The topological polar surface area (TPSA) is 24.1 Å². The fourth-order valence-corrected chi connectivity index (χ4v) is 2.58. The molecule has 0 saturated heterocycles. The lowest BCUT2D eigenvalue weighted by atomic mass is 10.0. The van der Waals surface area contributed by atoms with E-state index in [-0.39, 0.29) is 17.7 Å². The van der Waals surface area contributed by atoms with Gasteiger partial charge in [-0.2, -0.15) is 0 Å². The third-order valence-corrected chi connectivity index (χ3v) is 3.93. The first-order chi connectivity index (χ1) is 11.5. The Kier molecular flexibility index (Phi) is 6.88. The molecule has 0 amide bonds. The van der Waals surface area contributed by atoms with Crippen molar-refractivity contribution in [2.75, 3.05) is 0 Å². The molecule has 2 N–H and O–H groups in total. The fourth-order valence-electron chi connectivity index (χ4n) is 2.58. The molecule has 0 aliphatic heterocycles. The zero-order chi connectivity index (χ0) is 17.5. The third-order valence-electron chi connectivity index (χ3n) is 3.93. The summed E-state index contributed by atoms with van der Waals surface area (Å²) in [6.45, 7) is 7.19. The van der Waals surface area contributed by atoms with Crippen molar-refractivity contribution in [1.82, 2.24) is 10.6 Å². The van der Waals surface area contributed by atoms with E-state index < -0.39 is 0 Å². The van der Waals surface area contributed by atoms with Gasteiger partial charge >= 0.3 is 0 Å². The van der Waals surface area contributed by atoms with Crippen molar-refractivity contribution in [2.45, 2.75) is 52.4 Å². The van der Waals surface area contributed by atoms with Crippen molar-refractivity contribution < 1.29 is 8.78 Å². The van der Waals surface area contributed by atoms with Crippen LogP contribution >= 0.6 is 0 Å². The minimum absolute atomic E-state index is 0.0936. The normalized spacial score (nSPS) is 12.6. The number of benzene rings is 2. The van der Waals surface area contributed by atoms with Gasteiger partial charge in [0, 0.05) is 30.7 Å². The Bertz CT molecular complexity index is 656. The van der Waals surface area contributed by atoms with Gasteiger partial charge in [0.15, 0.2) is 0 Å². The molecule has 0 aliphatic carbocycles. The SMILES string of the molecule is CC(C)NCc1cccc(CC(C)NCc2cccc(F)c2)c1F. The van der Waals surface area contributed by atoms with Crippen LogP contribution in [0.25, 0.3) is 0 Å². The summed E-state index contributed by atoms with van der Waals surface area (Å²) in [7, 11) is 0. The molecule has 4 heteroatoms. The molecule has 2 aromatic carbocycles. The van der Waals surface area contributed by atoms with Gasteiger partial charge in [0.25, 0.3) is 0 Å². The molecular formula is C20H26F2N2. The maximum Gasteiger partial charge on any atom is 0.130 e. The number of hydrogen-bond acceptors (Lipinski definition) is 2. The first kappa shape index (κ1) is 18.6. The van der Waals surface area contributed by atoms with Gasteiger partial charge in [-0.3, -0.25) is 0 Å². The maximum absolute atomic E-state index is 14.6. The highest BCUT2D eigenvalue weighted by atomic mass is 19.1. The van der Waals surface area contributed by atoms with E-state index in [1.807, 2.05) is 45.0 Å². The van der Waals surface area contributed by atoms with E-state index in [4.69, 9.17) is 0 Å². The molecule has 1 unspecified atom stereocenters. The largest absolute Gasteiger partial charge is 0.310 e. The Balaban J connectivity index is 1.93. The lowest BCUT2D eigenvalue weighted by molar-refractivity contribution is 0.512. The van der Waals surface area contributed by atoms with E-state index in [1.165, 1.54) is 12.1 Å². The smallest absolute Gasteiger partial charge is 0.130 e. The molecule has 0 aliphatic rings. The van der Waals surface area contributed by atoms with Crippen molar-refractivity contribution in [2.24, 2.45) is 0 Å². The van der Waals surface area contributed by atoms with E-state index in [2.05, 4.69) is 10.6 Å². The van der Waals surface area contributed by atoms with Crippen LogP contribution in [0, 0.1) is 11.6 Å². The van der Waals surface area contributed by atoms with Crippen LogP contribution in [-0.4, -0.2) is 12.1 Å².